The van der Waals surface area contributed by atoms with E-state index in [0.717, 1.165) is 13.0 Å². The molecule has 1 amide bonds. The quantitative estimate of drug-likeness (QED) is 0.632. The summed E-state index contributed by atoms with van der Waals surface area (Å²) in [6.07, 6.45) is 4.97. The van der Waals surface area contributed by atoms with E-state index in [0.29, 0.717) is 18.1 Å². The van der Waals surface area contributed by atoms with E-state index in [-0.39, 0.29) is 5.91 Å². The van der Waals surface area contributed by atoms with Crippen LogP contribution < -0.4 is 5.73 Å². The number of amides is 1. The van der Waals surface area contributed by atoms with Crippen molar-refractivity contribution in [2.24, 2.45) is 0 Å². The maximum atomic E-state index is 11.8. The second kappa shape index (κ2) is 3.53. The van der Waals surface area contributed by atoms with Gasteiger partial charge < -0.3 is 10.6 Å². The highest BCUT2D eigenvalue weighted by Gasteiger charge is 2.17. The maximum Gasteiger partial charge on any atom is 0.272 e. The molecule has 0 unspecified atom stereocenters. The minimum atomic E-state index is -0.0430. The first-order valence-corrected chi connectivity index (χ1v) is 4.52. The zero-order chi connectivity index (χ0) is 9.97. The summed E-state index contributed by atoms with van der Waals surface area (Å²) in [5, 5.41) is 6.33. The van der Waals surface area contributed by atoms with Gasteiger partial charge in [0.2, 0.25) is 0 Å². The number of carbonyl (C=O) groups excluding carboxylic acids is 1. The van der Waals surface area contributed by atoms with Crippen LogP contribution in [0.25, 0.3) is 0 Å². The van der Waals surface area contributed by atoms with Gasteiger partial charge in [0.1, 0.15) is 11.5 Å². The summed E-state index contributed by atoms with van der Waals surface area (Å²) in [4.78, 5) is 13.5. The fourth-order valence-corrected chi connectivity index (χ4v) is 1.44. The molecule has 1 aliphatic rings. The van der Waals surface area contributed by atoms with Crippen LogP contribution in [-0.2, 0) is 0 Å². The number of rotatable bonds is 1. The molecule has 1 aromatic heterocycles. The first-order valence-electron chi connectivity index (χ1n) is 4.52. The van der Waals surface area contributed by atoms with Crippen LogP contribution in [-0.4, -0.2) is 34.1 Å². The highest BCUT2D eigenvalue weighted by Crippen LogP contribution is 2.08. The molecule has 0 saturated heterocycles. The van der Waals surface area contributed by atoms with E-state index >= 15 is 0 Å². The molecule has 0 fully saturated rings. The summed E-state index contributed by atoms with van der Waals surface area (Å²) in [5.74, 6) is 0.305. The van der Waals surface area contributed by atoms with Crippen molar-refractivity contribution in [1.29, 1.82) is 0 Å². The molecule has 0 saturated carbocycles. The van der Waals surface area contributed by atoms with Gasteiger partial charge in [-0.2, -0.15) is 5.10 Å². The molecule has 0 atom stereocenters. The summed E-state index contributed by atoms with van der Waals surface area (Å²) in [6.45, 7) is 1.42. The third-order valence-corrected chi connectivity index (χ3v) is 2.17. The average Bonchev–Trinajstić information content (AvgIpc) is 2.65. The van der Waals surface area contributed by atoms with Crippen LogP contribution >= 0.6 is 0 Å². The Bertz CT molecular complexity index is 369. The van der Waals surface area contributed by atoms with Crippen molar-refractivity contribution in [3.05, 3.63) is 23.9 Å². The van der Waals surface area contributed by atoms with Crippen molar-refractivity contribution in [3.8, 4) is 0 Å². The van der Waals surface area contributed by atoms with Crippen LogP contribution in [0.2, 0.25) is 0 Å². The predicted molar refractivity (Wildman–Crippen MR) is 52.7 cm³/mol. The van der Waals surface area contributed by atoms with Crippen LogP contribution in [0, 0.1) is 0 Å². The number of nitrogens with zero attached hydrogens (tertiary/aromatic N) is 2. The number of aromatic amines is 1. The maximum absolute atomic E-state index is 11.8. The number of hydrogen-bond acceptors (Lipinski definition) is 3. The van der Waals surface area contributed by atoms with E-state index in [1.807, 2.05) is 6.08 Å². The molecule has 1 aliphatic heterocycles. The number of nitrogen functional groups attached to an aromatic ring is 1. The van der Waals surface area contributed by atoms with Crippen LogP contribution in [0.15, 0.2) is 18.2 Å². The van der Waals surface area contributed by atoms with Crippen molar-refractivity contribution >= 4 is 11.7 Å². The fraction of sp³-hybridized carbons (Fsp3) is 0.333. The molecular weight excluding hydrogens is 180 g/mol. The molecule has 0 aromatic carbocycles. The van der Waals surface area contributed by atoms with Crippen molar-refractivity contribution in [2.75, 3.05) is 18.8 Å². The molecule has 2 rings (SSSR count). The standard InChI is InChI=1S/C9H12N4O/c10-8-6-7(11-12-8)9(14)13-4-2-1-3-5-13/h1-2,6H,3-5H2,(H3,10,11,12). The van der Waals surface area contributed by atoms with Crippen LogP contribution in [0.4, 0.5) is 5.82 Å². The third kappa shape index (κ3) is 1.61. The topological polar surface area (TPSA) is 75.0 Å². The first kappa shape index (κ1) is 8.80. The Balaban J connectivity index is 2.11. The van der Waals surface area contributed by atoms with Gasteiger partial charge in [-0.1, -0.05) is 12.2 Å². The highest BCUT2D eigenvalue weighted by molar-refractivity contribution is 5.93. The highest BCUT2D eigenvalue weighted by atomic mass is 16.2. The molecule has 1 aromatic rings. The summed E-state index contributed by atoms with van der Waals surface area (Å²) < 4.78 is 0. The third-order valence-electron chi connectivity index (χ3n) is 2.17. The summed E-state index contributed by atoms with van der Waals surface area (Å²) in [6, 6.07) is 1.56. The molecule has 0 bridgehead atoms. The Kier molecular flexibility index (Phi) is 2.22. The normalized spacial score (nSPS) is 15.9. The van der Waals surface area contributed by atoms with Gasteiger partial charge in [-0.3, -0.25) is 9.89 Å². The summed E-state index contributed by atoms with van der Waals surface area (Å²) in [5.41, 5.74) is 5.88. The van der Waals surface area contributed by atoms with E-state index in [2.05, 4.69) is 16.3 Å². The number of H-pyrrole nitrogens is 1. The summed E-state index contributed by atoms with van der Waals surface area (Å²) >= 11 is 0. The molecule has 0 aliphatic carbocycles. The van der Waals surface area contributed by atoms with Crippen LogP contribution in [0.3, 0.4) is 0 Å². The van der Waals surface area contributed by atoms with Gasteiger partial charge >= 0.3 is 0 Å². The molecule has 2 heterocycles. The van der Waals surface area contributed by atoms with Gasteiger partial charge in [0.25, 0.3) is 5.91 Å². The Morgan fingerprint density at radius 2 is 2.43 bits per heavy atom. The predicted octanol–water partition coefficient (Wildman–Crippen LogP) is 0.394. The van der Waals surface area contributed by atoms with Crippen molar-refractivity contribution in [2.45, 2.75) is 6.42 Å². The monoisotopic (exact) mass is 192 g/mol. The minimum absolute atomic E-state index is 0.0430. The fourth-order valence-electron chi connectivity index (χ4n) is 1.44. The van der Waals surface area contributed by atoms with Crippen LogP contribution in [0.1, 0.15) is 16.9 Å². The molecule has 14 heavy (non-hydrogen) atoms. The molecular formula is C9H12N4O. The van der Waals surface area contributed by atoms with Gasteiger partial charge in [0.15, 0.2) is 0 Å². The van der Waals surface area contributed by atoms with Crippen molar-refractivity contribution < 1.29 is 4.79 Å². The Hall–Kier alpha value is -1.78. The molecule has 0 radical (unpaired) electrons. The van der Waals surface area contributed by atoms with E-state index in [9.17, 15) is 4.79 Å². The first-order chi connectivity index (χ1) is 6.77. The van der Waals surface area contributed by atoms with E-state index in [1.54, 1.807) is 11.0 Å². The largest absolute Gasteiger partial charge is 0.382 e. The van der Waals surface area contributed by atoms with E-state index < -0.39 is 0 Å². The van der Waals surface area contributed by atoms with Crippen molar-refractivity contribution in [3.63, 3.8) is 0 Å². The Morgan fingerprint density at radius 3 is 3.00 bits per heavy atom. The average molecular weight is 192 g/mol. The van der Waals surface area contributed by atoms with Gasteiger partial charge in [-0.15, -0.1) is 0 Å². The number of anilines is 1. The zero-order valence-corrected chi connectivity index (χ0v) is 7.73. The van der Waals surface area contributed by atoms with Gasteiger partial charge in [0.05, 0.1) is 0 Å². The Labute approximate surface area is 81.6 Å². The van der Waals surface area contributed by atoms with Crippen LogP contribution in [0.5, 0.6) is 0 Å². The number of nitrogens with two attached hydrogens (primary N) is 1. The number of aromatic nitrogens is 2. The lowest BCUT2D eigenvalue weighted by Gasteiger charge is -2.22. The van der Waals surface area contributed by atoms with Gasteiger partial charge in [0, 0.05) is 19.2 Å². The van der Waals surface area contributed by atoms with Crippen molar-refractivity contribution in [1.82, 2.24) is 15.1 Å². The molecule has 5 heteroatoms. The number of carbonyl (C=O) groups is 1. The van der Waals surface area contributed by atoms with Gasteiger partial charge in [-0.25, -0.2) is 0 Å². The minimum Gasteiger partial charge on any atom is -0.382 e. The second-order valence-corrected chi connectivity index (χ2v) is 3.22. The number of hydrogen-bond donors (Lipinski definition) is 2. The van der Waals surface area contributed by atoms with Gasteiger partial charge in [-0.05, 0) is 6.42 Å². The molecule has 0 spiro atoms. The smallest absolute Gasteiger partial charge is 0.272 e. The zero-order valence-electron chi connectivity index (χ0n) is 7.73. The molecule has 5 nitrogen and oxygen atoms in total. The van der Waals surface area contributed by atoms with E-state index in [4.69, 9.17) is 5.73 Å². The molecule has 74 valence electrons. The lowest BCUT2D eigenvalue weighted by Crippen LogP contribution is -2.33. The lowest BCUT2D eigenvalue weighted by molar-refractivity contribution is 0.0765. The Morgan fingerprint density at radius 1 is 1.57 bits per heavy atom. The lowest BCUT2D eigenvalue weighted by atomic mass is 10.2. The summed E-state index contributed by atoms with van der Waals surface area (Å²) in [7, 11) is 0. The van der Waals surface area contributed by atoms with E-state index in [1.165, 1.54) is 0 Å². The number of nitrogens with one attached hydrogen (secondary N) is 1. The second-order valence-electron chi connectivity index (χ2n) is 3.22. The molecule has 3 N–H and O–H groups in total. The SMILES string of the molecule is Nc1cc(C(=O)N2CC=CCC2)[nH]n1.